The van der Waals surface area contributed by atoms with E-state index in [1.54, 1.807) is 0 Å². The summed E-state index contributed by atoms with van der Waals surface area (Å²) in [6.45, 7) is 12.4. The van der Waals surface area contributed by atoms with Crippen molar-refractivity contribution < 1.29 is 4.79 Å². The Morgan fingerprint density at radius 2 is 1.66 bits per heavy atom. The molecule has 3 rings (SSSR count). The largest absolute Gasteiger partial charge is 0.339 e. The molecule has 0 aliphatic rings. The van der Waals surface area contributed by atoms with Crippen molar-refractivity contribution >= 4 is 11.6 Å². The lowest BCUT2D eigenvalue weighted by Gasteiger charge is -2.24. The molecule has 0 saturated heterocycles. The minimum absolute atomic E-state index is 0.0944. The summed E-state index contributed by atoms with van der Waals surface area (Å²) in [5.41, 5.74) is 4.28. The monoisotopic (exact) mass is 392 g/mol. The van der Waals surface area contributed by atoms with Crippen LogP contribution in [0.25, 0.3) is 17.0 Å². The summed E-state index contributed by atoms with van der Waals surface area (Å²) < 4.78 is 1.92. The van der Waals surface area contributed by atoms with Gasteiger partial charge in [0.15, 0.2) is 0 Å². The highest BCUT2D eigenvalue weighted by Crippen LogP contribution is 2.19. The number of rotatable bonds is 8. The van der Waals surface area contributed by atoms with Crippen molar-refractivity contribution in [2.75, 3.05) is 13.1 Å². The van der Waals surface area contributed by atoms with Crippen LogP contribution in [0.15, 0.2) is 42.9 Å². The second-order valence-corrected chi connectivity index (χ2v) is 8.69. The average Bonchev–Trinajstić information content (AvgIpc) is 3.11. The van der Waals surface area contributed by atoms with E-state index >= 15 is 0 Å². The molecule has 0 N–H and O–H groups in total. The van der Waals surface area contributed by atoms with Gasteiger partial charge in [0.25, 0.3) is 5.91 Å². The molecule has 5 heteroatoms. The summed E-state index contributed by atoms with van der Waals surface area (Å²) in [6, 6.07) is 7.80. The molecule has 0 bridgehead atoms. The van der Waals surface area contributed by atoms with Crippen LogP contribution < -0.4 is 0 Å². The molecule has 3 aromatic rings. The molecule has 3 aromatic heterocycles. The molecular formula is C24H32N4O. The van der Waals surface area contributed by atoms with Gasteiger partial charge in [0, 0.05) is 31.7 Å². The molecule has 0 aliphatic carbocycles. The maximum absolute atomic E-state index is 13.2. The van der Waals surface area contributed by atoms with Crippen LogP contribution in [0.1, 0.15) is 56.5 Å². The first kappa shape index (κ1) is 21.0. The zero-order chi connectivity index (χ0) is 21.0. The average molecular weight is 393 g/mol. The van der Waals surface area contributed by atoms with Crippen molar-refractivity contribution in [2.45, 2.75) is 47.5 Å². The molecule has 29 heavy (non-hydrogen) atoms. The number of fused-ring (bicyclic) bond motifs is 1. The van der Waals surface area contributed by atoms with Gasteiger partial charge in [-0.05, 0) is 55.4 Å². The molecule has 0 fully saturated rings. The summed E-state index contributed by atoms with van der Waals surface area (Å²) in [7, 11) is 0. The highest BCUT2D eigenvalue weighted by atomic mass is 16.2. The Bertz CT molecular complexity index is 945. The lowest BCUT2D eigenvalue weighted by Crippen LogP contribution is -2.34. The van der Waals surface area contributed by atoms with Gasteiger partial charge in [-0.25, -0.2) is 4.98 Å². The standard InChI is InChI=1S/C24H32N4O/c1-17(2)10-12-27(13-11-18(3)4)24(29)20-7-9-23-26-22(16-28(23)15-20)21-8-6-19(5)14-25-21/h6-9,14-18H,10-13H2,1-5H3. The maximum Gasteiger partial charge on any atom is 0.255 e. The highest BCUT2D eigenvalue weighted by molar-refractivity contribution is 5.94. The number of hydrogen-bond acceptors (Lipinski definition) is 3. The number of aromatic nitrogens is 3. The van der Waals surface area contributed by atoms with Crippen LogP contribution in [-0.2, 0) is 0 Å². The Kier molecular flexibility index (Phi) is 6.68. The number of nitrogens with zero attached hydrogens (tertiary/aromatic N) is 4. The zero-order valence-electron chi connectivity index (χ0n) is 18.2. The third kappa shape index (κ3) is 5.43. The van der Waals surface area contributed by atoms with E-state index in [0.717, 1.165) is 48.5 Å². The zero-order valence-corrected chi connectivity index (χ0v) is 18.2. The van der Waals surface area contributed by atoms with E-state index in [9.17, 15) is 4.79 Å². The summed E-state index contributed by atoms with van der Waals surface area (Å²) in [6.07, 6.45) is 7.70. The molecule has 154 valence electrons. The summed E-state index contributed by atoms with van der Waals surface area (Å²) in [5.74, 6) is 1.24. The van der Waals surface area contributed by atoms with Crippen LogP contribution in [0.2, 0.25) is 0 Å². The van der Waals surface area contributed by atoms with E-state index in [0.29, 0.717) is 17.4 Å². The van der Waals surface area contributed by atoms with Crippen LogP contribution in [0.3, 0.4) is 0 Å². The fourth-order valence-electron chi connectivity index (χ4n) is 3.19. The van der Waals surface area contributed by atoms with Gasteiger partial charge in [-0.15, -0.1) is 0 Å². The Morgan fingerprint density at radius 1 is 0.966 bits per heavy atom. The third-order valence-corrected chi connectivity index (χ3v) is 5.11. The van der Waals surface area contributed by atoms with E-state index in [4.69, 9.17) is 0 Å². The number of pyridine rings is 2. The van der Waals surface area contributed by atoms with Gasteiger partial charge in [-0.1, -0.05) is 33.8 Å². The van der Waals surface area contributed by atoms with Crippen molar-refractivity contribution in [1.29, 1.82) is 0 Å². The minimum Gasteiger partial charge on any atom is -0.339 e. The fourth-order valence-corrected chi connectivity index (χ4v) is 3.19. The van der Waals surface area contributed by atoms with Gasteiger partial charge in [-0.2, -0.15) is 0 Å². The van der Waals surface area contributed by atoms with Gasteiger partial charge in [-0.3, -0.25) is 9.78 Å². The Balaban J connectivity index is 1.84. The summed E-state index contributed by atoms with van der Waals surface area (Å²) >= 11 is 0. The number of aryl methyl sites for hydroxylation is 1. The quantitative estimate of drug-likeness (QED) is 0.527. The first-order valence-electron chi connectivity index (χ1n) is 10.5. The van der Waals surface area contributed by atoms with E-state index in [1.807, 2.05) is 59.1 Å². The SMILES string of the molecule is Cc1ccc(-c2cn3cc(C(=O)N(CCC(C)C)CCC(C)C)ccc3n2)nc1. The van der Waals surface area contributed by atoms with Crippen molar-refractivity contribution in [3.63, 3.8) is 0 Å². The van der Waals surface area contributed by atoms with Crippen molar-refractivity contribution in [3.05, 3.63) is 54.0 Å². The molecule has 0 spiro atoms. The van der Waals surface area contributed by atoms with Crippen molar-refractivity contribution in [2.24, 2.45) is 11.8 Å². The van der Waals surface area contributed by atoms with E-state index in [1.165, 1.54) is 0 Å². The number of amides is 1. The molecule has 0 atom stereocenters. The number of imidazole rings is 1. The van der Waals surface area contributed by atoms with Gasteiger partial charge in [0.1, 0.15) is 11.3 Å². The van der Waals surface area contributed by atoms with Crippen molar-refractivity contribution in [1.82, 2.24) is 19.3 Å². The van der Waals surface area contributed by atoms with Gasteiger partial charge in [0.05, 0.1) is 11.3 Å². The Labute approximate surface area is 173 Å². The van der Waals surface area contributed by atoms with Crippen LogP contribution >= 0.6 is 0 Å². The molecule has 0 radical (unpaired) electrons. The fraction of sp³-hybridized carbons (Fsp3) is 0.458. The second kappa shape index (κ2) is 9.21. The first-order valence-corrected chi connectivity index (χ1v) is 10.5. The van der Waals surface area contributed by atoms with Crippen LogP contribution in [0.4, 0.5) is 0 Å². The normalized spacial score (nSPS) is 11.6. The third-order valence-electron chi connectivity index (χ3n) is 5.11. The predicted octanol–water partition coefficient (Wildman–Crippen LogP) is 5.24. The lowest BCUT2D eigenvalue weighted by molar-refractivity contribution is 0.0740. The van der Waals surface area contributed by atoms with Crippen LogP contribution in [0, 0.1) is 18.8 Å². The van der Waals surface area contributed by atoms with Crippen molar-refractivity contribution in [3.8, 4) is 11.4 Å². The molecule has 5 nitrogen and oxygen atoms in total. The Hall–Kier alpha value is -2.69. The summed E-state index contributed by atoms with van der Waals surface area (Å²) in [5, 5.41) is 0. The van der Waals surface area contributed by atoms with E-state index < -0.39 is 0 Å². The molecule has 0 aliphatic heterocycles. The molecule has 0 saturated carbocycles. The van der Waals surface area contributed by atoms with E-state index in [-0.39, 0.29) is 5.91 Å². The predicted molar refractivity (Wildman–Crippen MR) is 118 cm³/mol. The van der Waals surface area contributed by atoms with Crippen LogP contribution in [0.5, 0.6) is 0 Å². The number of carbonyl (C=O) groups excluding carboxylic acids is 1. The van der Waals surface area contributed by atoms with Gasteiger partial charge < -0.3 is 9.30 Å². The summed E-state index contributed by atoms with van der Waals surface area (Å²) in [4.78, 5) is 24.3. The number of carbonyl (C=O) groups is 1. The molecular weight excluding hydrogens is 360 g/mol. The minimum atomic E-state index is 0.0944. The van der Waals surface area contributed by atoms with Crippen LogP contribution in [-0.4, -0.2) is 38.3 Å². The lowest BCUT2D eigenvalue weighted by atomic mass is 10.1. The van der Waals surface area contributed by atoms with Gasteiger partial charge in [0.2, 0.25) is 0 Å². The smallest absolute Gasteiger partial charge is 0.255 e. The highest BCUT2D eigenvalue weighted by Gasteiger charge is 2.17. The number of hydrogen-bond donors (Lipinski definition) is 0. The van der Waals surface area contributed by atoms with E-state index in [2.05, 4.69) is 37.7 Å². The maximum atomic E-state index is 13.2. The first-order chi connectivity index (χ1) is 13.8. The molecule has 1 amide bonds. The molecule has 0 unspecified atom stereocenters. The van der Waals surface area contributed by atoms with Gasteiger partial charge >= 0.3 is 0 Å². The second-order valence-electron chi connectivity index (χ2n) is 8.69. The Morgan fingerprint density at radius 3 is 2.24 bits per heavy atom. The molecule has 3 heterocycles. The topological polar surface area (TPSA) is 50.5 Å². The molecule has 0 aromatic carbocycles.